The van der Waals surface area contributed by atoms with Crippen molar-refractivity contribution >= 4 is 23.1 Å². The van der Waals surface area contributed by atoms with Crippen LogP contribution in [0.4, 0.5) is 10.5 Å². The molecule has 0 aliphatic heterocycles. The fraction of sp³-hybridized carbons (Fsp3) is 0.389. The normalized spacial score (nSPS) is 11.8. The van der Waals surface area contributed by atoms with E-state index in [1.54, 1.807) is 23.5 Å². The molecule has 0 fully saturated rings. The molecule has 0 spiro atoms. The highest BCUT2D eigenvalue weighted by atomic mass is 32.1. The molecule has 0 aliphatic carbocycles. The van der Waals surface area contributed by atoms with Gasteiger partial charge in [-0.1, -0.05) is 19.9 Å². The Hall–Kier alpha value is -2.41. The van der Waals surface area contributed by atoms with Gasteiger partial charge in [0.15, 0.2) is 11.5 Å². The first-order chi connectivity index (χ1) is 12.0. The lowest BCUT2D eigenvalue weighted by molar-refractivity contribution is 0.245. The summed E-state index contributed by atoms with van der Waals surface area (Å²) in [5, 5.41) is 7.85. The number of benzene rings is 1. The summed E-state index contributed by atoms with van der Waals surface area (Å²) < 4.78 is 15.9. The third-order valence-corrected chi connectivity index (χ3v) is 4.68. The Morgan fingerprint density at radius 2 is 1.72 bits per heavy atom. The van der Waals surface area contributed by atoms with Gasteiger partial charge in [0.25, 0.3) is 0 Å². The number of methoxy groups -OCH3 is 3. The van der Waals surface area contributed by atoms with Crippen molar-refractivity contribution in [2.75, 3.05) is 26.6 Å². The number of anilines is 1. The van der Waals surface area contributed by atoms with Gasteiger partial charge < -0.3 is 24.8 Å². The van der Waals surface area contributed by atoms with Crippen molar-refractivity contribution < 1.29 is 19.0 Å². The molecule has 2 rings (SSSR count). The highest BCUT2D eigenvalue weighted by molar-refractivity contribution is 7.10. The number of ether oxygens (including phenoxy) is 3. The molecular formula is C18H24N2O4S. The SMILES string of the molecule is COc1cc(NC(=O)N[C@@H](c2cccs2)C(C)C)cc(OC)c1OC. The summed E-state index contributed by atoms with van der Waals surface area (Å²) in [6.45, 7) is 4.15. The van der Waals surface area contributed by atoms with Crippen LogP contribution in [-0.2, 0) is 0 Å². The van der Waals surface area contributed by atoms with Crippen molar-refractivity contribution in [3.8, 4) is 17.2 Å². The minimum Gasteiger partial charge on any atom is -0.493 e. The summed E-state index contributed by atoms with van der Waals surface area (Å²) in [7, 11) is 4.61. The Morgan fingerprint density at radius 3 is 2.16 bits per heavy atom. The van der Waals surface area contributed by atoms with Crippen molar-refractivity contribution in [1.82, 2.24) is 5.32 Å². The summed E-state index contributed by atoms with van der Waals surface area (Å²) >= 11 is 1.63. The van der Waals surface area contributed by atoms with E-state index in [1.165, 1.54) is 21.3 Å². The lowest BCUT2D eigenvalue weighted by Gasteiger charge is -2.22. The van der Waals surface area contributed by atoms with E-state index in [1.807, 2.05) is 17.5 Å². The predicted octanol–water partition coefficient (Wildman–Crippen LogP) is 4.29. The molecule has 2 aromatic rings. The fourth-order valence-corrected chi connectivity index (χ4v) is 3.45. The topological polar surface area (TPSA) is 68.8 Å². The maximum absolute atomic E-state index is 12.4. The molecule has 1 aromatic carbocycles. The van der Waals surface area contributed by atoms with Crippen LogP contribution in [0.5, 0.6) is 17.2 Å². The molecule has 136 valence electrons. The van der Waals surface area contributed by atoms with Gasteiger partial charge in [-0.05, 0) is 17.4 Å². The number of carbonyl (C=O) groups excluding carboxylic acids is 1. The van der Waals surface area contributed by atoms with Gasteiger partial charge in [-0.15, -0.1) is 11.3 Å². The lowest BCUT2D eigenvalue weighted by Crippen LogP contribution is -2.34. The molecule has 7 heteroatoms. The summed E-state index contributed by atoms with van der Waals surface area (Å²) in [5.74, 6) is 1.71. The summed E-state index contributed by atoms with van der Waals surface area (Å²) in [6, 6.07) is 7.04. The van der Waals surface area contributed by atoms with E-state index >= 15 is 0 Å². The largest absolute Gasteiger partial charge is 0.493 e. The average molecular weight is 364 g/mol. The van der Waals surface area contributed by atoms with Crippen molar-refractivity contribution in [3.05, 3.63) is 34.5 Å². The van der Waals surface area contributed by atoms with Crippen LogP contribution in [0, 0.1) is 5.92 Å². The van der Waals surface area contributed by atoms with Crippen molar-refractivity contribution in [2.45, 2.75) is 19.9 Å². The van der Waals surface area contributed by atoms with Crippen LogP contribution < -0.4 is 24.8 Å². The van der Waals surface area contributed by atoms with Crippen LogP contribution in [0.15, 0.2) is 29.6 Å². The second-order valence-corrected chi connectivity index (χ2v) is 6.73. The molecule has 0 saturated heterocycles. The standard InChI is InChI=1S/C18H24N2O4S/c1-11(2)16(15-7-6-8-25-15)20-18(21)19-12-9-13(22-3)17(24-5)14(10-12)23-4/h6-11,16H,1-5H3,(H2,19,20,21)/t16-/m1/s1. The maximum atomic E-state index is 12.4. The molecule has 0 saturated carbocycles. The molecule has 0 unspecified atom stereocenters. The van der Waals surface area contributed by atoms with Crippen LogP contribution in [0.2, 0.25) is 0 Å². The van der Waals surface area contributed by atoms with Gasteiger partial charge in [0.05, 0.1) is 33.1 Å². The molecule has 0 radical (unpaired) electrons. The first-order valence-corrected chi connectivity index (χ1v) is 8.79. The van der Waals surface area contributed by atoms with E-state index in [-0.39, 0.29) is 18.0 Å². The summed E-state index contributed by atoms with van der Waals surface area (Å²) in [6.07, 6.45) is 0. The Balaban J connectivity index is 2.17. The van der Waals surface area contributed by atoms with Crippen LogP contribution in [0.25, 0.3) is 0 Å². The van der Waals surface area contributed by atoms with E-state index < -0.39 is 0 Å². The number of urea groups is 1. The number of thiophene rings is 1. The third kappa shape index (κ3) is 4.57. The molecule has 0 aliphatic rings. The number of amides is 2. The van der Waals surface area contributed by atoms with E-state index in [0.29, 0.717) is 22.9 Å². The second kappa shape index (κ2) is 8.62. The van der Waals surface area contributed by atoms with Crippen molar-refractivity contribution in [2.24, 2.45) is 5.92 Å². The minimum atomic E-state index is -0.290. The third-order valence-electron chi connectivity index (χ3n) is 3.73. The Labute approximate surface area is 152 Å². The van der Waals surface area contributed by atoms with E-state index in [0.717, 1.165) is 4.88 Å². The number of nitrogens with one attached hydrogen (secondary N) is 2. The first-order valence-electron chi connectivity index (χ1n) is 7.91. The van der Waals surface area contributed by atoms with Crippen LogP contribution in [-0.4, -0.2) is 27.4 Å². The molecule has 6 nitrogen and oxygen atoms in total. The van der Waals surface area contributed by atoms with Crippen molar-refractivity contribution in [3.63, 3.8) is 0 Å². The van der Waals surface area contributed by atoms with Gasteiger partial charge in [-0.25, -0.2) is 4.79 Å². The zero-order valence-electron chi connectivity index (χ0n) is 15.1. The maximum Gasteiger partial charge on any atom is 0.319 e. The molecule has 0 bridgehead atoms. The number of carbonyl (C=O) groups is 1. The monoisotopic (exact) mass is 364 g/mol. The Bertz CT molecular complexity index is 676. The average Bonchev–Trinajstić information content (AvgIpc) is 3.12. The van der Waals surface area contributed by atoms with Crippen LogP contribution in [0.1, 0.15) is 24.8 Å². The smallest absolute Gasteiger partial charge is 0.319 e. The zero-order valence-corrected chi connectivity index (χ0v) is 15.9. The van der Waals surface area contributed by atoms with E-state index in [4.69, 9.17) is 14.2 Å². The molecule has 1 atom stereocenters. The minimum absolute atomic E-state index is 0.0537. The Kier molecular flexibility index (Phi) is 6.52. The molecular weight excluding hydrogens is 340 g/mol. The number of rotatable bonds is 7. The van der Waals surface area contributed by atoms with E-state index in [2.05, 4.69) is 24.5 Å². The lowest BCUT2D eigenvalue weighted by atomic mass is 10.0. The summed E-state index contributed by atoms with van der Waals surface area (Å²) in [5.41, 5.74) is 0.556. The second-order valence-electron chi connectivity index (χ2n) is 5.75. The van der Waals surface area contributed by atoms with Gasteiger partial charge in [-0.2, -0.15) is 0 Å². The molecule has 2 N–H and O–H groups in total. The van der Waals surface area contributed by atoms with Gasteiger partial charge in [-0.3, -0.25) is 0 Å². The van der Waals surface area contributed by atoms with Gasteiger partial charge >= 0.3 is 6.03 Å². The Morgan fingerprint density at radius 1 is 1.08 bits per heavy atom. The highest BCUT2D eigenvalue weighted by Crippen LogP contribution is 2.40. The zero-order chi connectivity index (χ0) is 18.4. The van der Waals surface area contributed by atoms with Crippen LogP contribution >= 0.6 is 11.3 Å². The number of hydrogen-bond acceptors (Lipinski definition) is 5. The van der Waals surface area contributed by atoms with Crippen molar-refractivity contribution in [1.29, 1.82) is 0 Å². The van der Waals surface area contributed by atoms with E-state index in [9.17, 15) is 4.79 Å². The van der Waals surface area contributed by atoms with Gasteiger partial charge in [0.2, 0.25) is 5.75 Å². The first kappa shape index (κ1) is 18.9. The fourth-order valence-electron chi connectivity index (χ4n) is 2.50. The molecule has 1 heterocycles. The molecule has 1 aromatic heterocycles. The van der Waals surface area contributed by atoms with Gasteiger partial charge in [0, 0.05) is 17.0 Å². The van der Waals surface area contributed by atoms with Crippen LogP contribution in [0.3, 0.4) is 0 Å². The summed E-state index contributed by atoms with van der Waals surface area (Å²) in [4.78, 5) is 13.6. The van der Waals surface area contributed by atoms with Gasteiger partial charge in [0.1, 0.15) is 0 Å². The highest BCUT2D eigenvalue weighted by Gasteiger charge is 2.20. The number of hydrogen-bond donors (Lipinski definition) is 2. The predicted molar refractivity (Wildman–Crippen MR) is 100 cm³/mol. The molecule has 25 heavy (non-hydrogen) atoms. The quantitative estimate of drug-likeness (QED) is 0.769. The molecule has 2 amide bonds.